The van der Waals surface area contributed by atoms with Crippen molar-refractivity contribution in [1.82, 2.24) is 5.32 Å². The molecule has 2 N–H and O–H groups in total. The van der Waals surface area contributed by atoms with E-state index in [-0.39, 0.29) is 11.6 Å². The molecule has 2 nitrogen and oxygen atoms in total. The van der Waals surface area contributed by atoms with Crippen LogP contribution in [0, 0.1) is 18.7 Å². The molecule has 16 heavy (non-hydrogen) atoms. The van der Waals surface area contributed by atoms with E-state index in [0.717, 1.165) is 43.5 Å². The number of rotatable bonds is 2. The lowest BCUT2D eigenvalue weighted by Crippen LogP contribution is -2.28. The summed E-state index contributed by atoms with van der Waals surface area (Å²) in [5.41, 5.74) is 1.49. The van der Waals surface area contributed by atoms with Crippen molar-refractivity contribution in [2.75, 3.05) is 13.1 Å². The summed E-state index contributed by atoms with van der Waals surface area (Å²) < 4.78 is 13.6. The van der Waals surface area contributed by atoms with Gasteiger partial charge in [-0.15, -0.1) is 0 Å². The van der Waals surface area contributed by atoms with Gasteiger partial charge in [0.1, 0.15) is 11.6 Å². The lowest BCUT2D eigenvalue weighted by atomic mass is 9.90. The van der Waals surface area contributed by atoms with E-state index in [0.29, 0.717) is 5.92 Å². The zero-order valence-electron chi connectivity index (χ0n) is 9.59. The fraction of sp³-hybridized carbons (Fsp3) is 0.538. The Morgan fingerprint density at radius 2 is 2.06 bits per heavy atom. The van der Waals surface area contributed by atoms with Crippen LogP contribution in [0.5, 0.6) is 5.75 Å². The molecule has 1 fully saturated rings. The summed E-state index contributed by atoms with van der Waals surface area (Å²) >= 11 is 0. The molecule has 88 valence electrons. The standard InChI is InChI=1S/C13H18FNO/c1-9-6-11(12(14)8-13(9)16)7-10-2-4-15-5-3-10/h6,8,10,15-16H,2-5,7H2,1H3. The van der Waals surface area contributed by atoms with Crippen LogP contribution in [0.3, 0.4) is 0 Å². The molecule has 0 aliphatic carbocycles. The van der Waals surface area contributed by atoms with Crippen molar-refractivity contribution in [3.8, 4) is 5.75 Å². The molecular weight excluding hydrogens is 205 g/mol. The number of phenols is 1. The fourth-order valence-electron chi connectivity index (χ4n) is 2.28. The van der Waals surface area contributed by atoms with Gasteiger partial charge in [0.25, 0.3) is 0 Å². The minimum absolute atomic E-state index is 0.0477. The lowest BCUT2D eigenvalue weighted by molar-refractivity contribution is 0.368. The van der Waals surface area contributed by atoms with Crippen LogP contribution < -0.4 is 5.32 Å². The molecule has 1 aromatic carbocycles. The molecule has 0 atom stereocenters. The van der Waals surface area contributed by atoms with E-state index in [2.05, 4.69) is 5.32 Å². The van der Waals surface area contributed by atoms with Crippen molar-refractivity contribution < 1.29 is 9.50 Å². The van der Waals surface area contributed by atoms with Crippen LogP contribution in [0.1, 0.15) is 24.0 Å². The predicted molar refractivity (Wildman–Crippen MR) is 62.1 cm³/mol. The van der Waals surface area contributed by atoms with Gasteiger partial charge in [-0.3, -0.25) is 0 Å². The van der Waals surface area contributed by atoms with Gasteiger partial charge in [-0.1, -0.05) is 0 Å². The smallest absolute Gasteiger partial charge is 0.130 e. The Morgan fingerprint density at radius 1 is 1.38 bits per heavy atom. The molecule has 1 saturated heterocycles. The number of halogens is 1. The third-order valence-corrected chi connectivity index (χ3v) is 3.33. The molecule has 0 amide bonds. The number of hydrogen-bond donors (Lipinski definition) is 2. The van der Waals surface area contributed by atoms with Crippen molar-refractivity contribution in [3.05, 3.63) is 29.1 Å². The van der Waals surface area contributed by atoms with Crippen LogP contribution in [-0.2, 0) is 6.42 Å². The van der Waals surface area contributed by atoms with E-state index in [1.165, 1.54) is 6.07 Å². The maximum absolute atomic E-state index is 13.6. The van der Waals surface area contributed by atoms with E-state index in [1.807, 2.05) is 0 Å². The molecule has 0 radical (unpaired) electrons. The summed E-state index contributed by atoms with van der Waals surface area (Å²) in [5.74, 6) is 0.341. The predicted octanol–water partition coefficient (Wildman–Crippen LogP) is 2.38. The Labute approximate surface area is 95.5 Å². The lowest BCUT2D eigenvalue weighted by Gasteiger charge is -2.22. The highest BCUT2D eigenvalue weighted by molar-refractivity contribution is 5.36. The number of aryl methyl sites for hydroxylation is 1. The number of phenolic OH excluding ortho intramolecular Hbond substituents is 1. The Balaban J connectivity index is 2.11. The third-order valence-electron chi connectivity index (χ3n) is 3.33. The highest BCUT2D eigenvalue weighted by Gasteiger charge is 2.16. The van der Waals surface area contributed by atoms with Crippen LogP contribution >= 0.6 is 0 Å². The molecule has 0 unspecified atom stereocenters. The van der Waals surface area contributed by atoms with E-state index in [9.17, 15) is 9.50 Å². The minimum Gasteiger partial charge on any atom is -0.508 e. The first-order chi connectivity index (χ1) is 7.66. The van der Waals surface area contributed by atoms with Crippen molar-refractivity contribution in [1.29, 1.82) is 0 Å². The summed E-state index contributed by atoms with van der Waals surface area (Å²) in [5, 5.41) is 12.7. The molecule has 0 spiro atoms. The Bertz CT molecular complexity index is 372. The second-order valence-corrected chi connectivity index (χ2v) is 4.63. The molecule has 0 bridgehead atoms. The Hall–Kier alpha value is -1.09. The van der Waals surface area contributed by atoms with Gasteiger partial charge in [0.15, 0.2) is 0 Å². The second kappa shape index (κ2) is 4.83. The van der Waals surface area contributed by atoms with Gasteiger partial charge < -0.3 is 10.4 Å². The first-order valence-corrected chi connectivity index (χ1v) is 5.85. The zero-order chi connectivity index (χ0) is 11.5. The number of aromatic hydroxyl groups is 1. The number of hydrogen-bond acceptors (Lipinski definition) is 2. The minimum atomic E-state index is -0.276. The molecule has 3 heteroatoms. The van der Waals surface area contributed by atoms with Crippen molar-refractivity contribution >= 4 is 0 Å². The van der Waals surface area contributed by atoms with E-state index in [4.69, 9.17) is 0 Å². The molecule has 2 rings (SSSR count). The SMILES string of the molecule is Cc1cc(CC2CCNCC2)c(F)cc1O. The first kappa shape index (κ1) is 11.4. The number of benzene rings is 1. The molecule has 1 aliphatic heterocycles. The molecule has 0 saturated carbocycles. The topological polar surface area (TPSA) is 32.3 Å². The molecule has 0 aromatic heterocycles. The summed E-state index contributed by atoms with van der Waals surface area (Å²) in [7, 11) is 0. The van der Waals surface area contributed by atoms with Crippen LogP contribution in [-0.4, -0.2) is 18.2 Å². The van der Waals surface area contributed by atoms with Crippen LogP contribution in [0.2, 0.25) is 0 Å². The summed E-state index contributed by atoms with van der Waals surface area (Å²) in [6, 6.07) is 3.00. The first-order valence-electron chi connectivity index (χ1n) is 5.85. The largest absolute Gasteiger partial charge is 0.508 e. The molecular formula is C13H18FNO. The number of nitrogens with one attached hydrogen (secondary N) is 1. The summed E-state index contributed by atoms with van der Waals surface area (Å²) in [4.78, 5) is 0. The highest BCUT2D eigenvalue weighted by atomic mass is 19.1. The van der Waals surface area contributed by atoms with Crippen LogP contribution in [0.15, 0.2) is 12.1 Å². The van der Waals surface area contributed by atoms with Crippen molar-refractivity contribution in [2.24, 2.45) is 5.92 Å². The maximum atomic E-state index is 13.6. The molecule has 1 heterocycles. The fourth-order valence-corrected chi connectivity index (χ4v) is 2.28. The van der Waals surface area contributed by atoms with Gasteiger partial charge in [0.05, 0.1) is 0 Å². The average molecular weight is 223 g/mol. The quantitative estimate of drug-likeness (QED) is 0.806. The summed E-state index contributed by atoms with van der Waals surface area (Å²) in [6.45, 7) is 3.87. The van der Waals surface area contributed by atoms with Gasteiger partial charge in [0.2, 0.25) is 0 Å². The third kappa shape index (κ3) is 2.53. The highest BCUT2D eigenvalue weighted by Crippen LogP contribution is 2.25. The maximum Gasteiger partial charge on any atom is 0.130 e. The van der Waals surface area contributed by atoms with Gasteiger partial charge >= 0.3 is 0 Å². The zero-order valence-corrected chi connectivity index (χ0v) is 9.59. The molecule has 1 aliphatic rings. The van der Waals surface area contributed by atoms with Crippen LogP contribution in [0.4, 0.5) is 4.39 Å². The van der Waals surface area contributed by atoms with Gasteiger partial charge in [0, 0.05) is 6.07 Å². The van der Waals surface area contributed by atoms with E-state index >= 15 is 0 Å². The van der Waals surface area contributed by atoms with Crippen molar-refractivity contribution in [2.45, 2.75) is 26.2 Å². The van der Waals surface area contributed by atoms with Crippen LogP contribution in [0.25, 0.3) is 0 Å². The average Bonchev–Trinajstić information content (AvgIpc) is 2.27. The van der Waals surface area contributed by atoms with E-state index < -0.39 is 0 Å². The normalized spacial score (nSPS) is 17.6. The second-order valence-electron chi connectivity index (χ2n) is 4.63. The van der Waals surface area contributed by atoms with Gasteiger partial charge in [-0.25, -0.2) is 4.39 Å². The van der Waals surface area contributed by atoms with Gasteiger partial charge in [-0.2, -0.15) is 0 Å². The molecule has 1 aromatic rings. The number of piperidine rings is 1. The Kier molecular flexibility index (Phi) is 3.44. The van der Waals surface area contributed by atoms with Gasteiger partial charge in [-0.05, 0) is 62.4 Å². The monoisotopic (exact) mass is 223 g/mol. The summed E-state index contributed by atoms with van der Waals surface area (Å²) in [6.07, 6.45) is 3.01. The van der Waals surface area contributed by atoms with E-state index in [1.54, 1.807) is 13.0 Å². The van der Waals surface area contributed by atoms with Crippen molar-refractivity contribution in [3.63, 3.8) is 0 Å². The Morgan fingerprint density at radius 3 is 2.75 bits per heavy atom.